The van der Waals surface area contributed by atoms with Crippen LogP contribution < -0.4 is 5.46 Å². The second-order valence-corrected chi connectivity index (χ2v) is 5.49. The molecule has 0 aliphatic rings. The lowest BCUT2D eigenvalue weighted by Crippen LogP contribution is -2.39. The Hall–Kier alpha value is -0.935. The molecule has 2 nitrogen and oxygen atoms in total. The van der Waals surface area contributed by atoms with Gasteiger partial charge < -0.3 is 9.31 Å². The van der Waals surface area contributed by atoms with E-state index in [1.807, 2.05) is 27.7 Å². The number of hydrogen-bond acceptors (Lipinski definition) is 2. The van der Waals surface area contributed by atoms with Crippen LogP contribution in [0, 0.1) is 23.5 Å². The molecule has 1 aromatic carbocycles. The van der Waals surface area contributed by atoms with Crippen molar-refractivity contribution in [2.45, 2.75) is 27.7 Å². The zero-order valence-corrected chi connectivity index (χ0v) is 12.0. The molecule has 0 radical (unpaired) electrons. The summed E-state index contributed by atoms with van der Waals surface area (Å²) in [6, 6.07) is 3.33. The molecule has 106 valence electrons. The van der Waals surface area contributed by atoms with E-state index in [1.54, 1.807) is 0 Å². The van der Waals surface area contributed by atoms with Gasteiger partial charge in [-0.25, -0.2) is 8.78 Å². The molecule has 0 amide bonds. The van der Waals surface area contributed by atoms with E-state index in [1.165, 1.54) is 12.1 Å². The molecule has 0 aliphatic carbocycles. The van der Waals surface area contributed by atoms with Gasteiger partial charge in [0.1, 0.15) is 11.6 Å². The minimum absolute atomic E-state index is 0.323. The summed E-state index contributed by atoms with van der Waals surface area (Å²) in [5, 5.41) is 0. The van der Waals surface area contributed by atoms with E-state index < -0.39 is 18.8 Å². The molecule has 0 saturated heterocycles. The number of halogens is 2. The van der Waals surface area contributed by atoms with Crippen molar-refractivity contribution in [3.8, 4) is 0 Å². The molecule has 0 heterocycles. The molecule has 5 heteroatoms. The van der Waals surface area contributed by atoms with E-state index in [-0.39, 0.29) is 0 Å². The lowest BCUT2D eigenvalue weighted by molar-refractivity contribution is 0.172. The van der Waals surface area contributed by atoms with Gasteiger partial charge in [0, 0.05) is 19.3 Å². The molecule has 0 aliphatic heterocycles. The maximum absolute atomic E-state index is 13.2. The van der Waals surface area contributed by atoms with Gasteiger partial charge in [0.2, 0.25) is 0 Å². The molecule has 0 spiro atoms. The zero-order chi connectivity index (χ0) is 14.4. The van der Waals surface area contributed by atoms with Gasteiger partial charge in [-0.2, -0.15) is 0 Å². The van der Waals surface area contributed by atoms with Crippen LogP contribution in [0.2, 0.25) is 0 Å². The Labute approximate surface area is 114 Å². The lowest BCUT2D eigenvalue weighted by atomic mass is 9.78. The van der Waals surface area contributed by atoms with Gasteiger partial charge in [-0.3, -0.25) is 0 Å². The van der Waals surface area contributed by atoms with Gasteiger partial charge in [0.15, 0.2) is 0 Å². The van der Waals surface area contributed by atoms with Crippen molar-refractivity contribution in [2.75, 3.05) is 13.2 Å². The van der Waals surface area contributed by atoms with Crippen LogP contribution in [0.5, 0.6) is 0 Å². The topological polar surface area (TPSA) is 18.5 Å². The first-order chi connectivity index (χ1) is 8.88. The van der Waals surface area contributed by atoms with Crippen molar-refractivity contribution in [1.82, 2.24) is 0 Å². The van der Waals surface area contributed by atoms with Gasteiger partial charge in [0.25, 0.3) is 0 Å². The van der Waals surface area contributed by atoms with Crippen molar-refractivity contribution in [3.05, 3.63) is 29.8 Å². The zero-order valence-electron chi connectivity index (χ0n) is 12.0. The smallest absolute Gasteiger partial charge is 0.407 e. The summed E-state index contributed by atoms with van der Waals surface area (Å²) in [5.74, 6) is -0.602. The Kier molecular flexibility index (Phi) is 6.45. The molecule has 1 aromatic rings. The fourth-order valence-electron chi connectivity index (χ4n) is 1.51. The maximum Gasteiger partial charge on any atom is 0.494 e. The van der Waals surface area contributed by atoms with Crippen LogP contribution in [0.25, 0.3) is 0 Å². The Morgan fingerprint density at radius 2 is 1.32 bits per heavy atom. The van der Waals surface area contributed by atoms with Gasteiger partial charge >= 0.3 is 7.12 Å². The summed E-state index contributed by atoms with van der Waals surface area (Å²) in [6.45, 7) is 8.97. The summed E-state index contributed by atoms with van der Waals surface area (Å²) in [5.41, 5.74) is 0.374. The van der Waals surface area contributed by atoms with E-state index >= 15 is 0 Å². The van der Waals surface area contributed by atoms with E-state index in [9.17, 15) is 8.78 Å². The highest BCUT2D eigenvalue weighted by atomic mass is 19.1. The third-order valence-corrected chi connectivity index (χ3v) is 2.32. The van der Waals surface area contributed by atoms with Gasteiger partial charge in [-0.1, -0.05) is 27.7 Å². The minimum Gasteiger partial charge on any atom is -0.407 e. The largest absolute Gasteiger partial charge is 0.494 e. The average Bonchev–Trinajstić information content (AvgIpc) is 2.26. The molecule has 0 aromatic heterocycles. The van der Waals surface area contributed by atoms with Crippen LogP contribution in [0.15, 0.2) is 18.2 Å². The number of benzene rings is 1. The van der Waals surface area contributed by atoms with Crippen molar-refractivity contribution in [3.63, 3.8) is 0 Å². The first-order valence-electron chi connectivity index (χ1n) is 6.57. The highest BCUT2D eigenvalue weighted by Crippen LogP contribution is 2.05. The van der Waals surface area contributed by atoms with E-state index in [0.717, 1.165) is 6.07 Å². The van der Waals surface area contributed by atoms with Crippen LogP contribution in [0.3, 0.4) is 0 Å². The van der Waals surface area contributed by atoms with E-state index in [4.69, 9.17) is 9.31 Å². The fourth-order valence-corrected chi connectivity index (χ4v) is 1.51. The molecule has 0 atom stereocenters. The summed E-state index contributed by atoms with van der Waals surface area (Å²) >= 11 is 0. The lowest BCUT2D eigenvalue weighted by Gasteiger charge is -2.17. The quantitative estimate of drug-likeness (QED) is 0.709. The monoisotopic (exact) mass is 270 g/mol. The summed E-state index contributed by atoms with van der Waals surface area (Å²) in [4.78, 5) is 0. The number of rotatable bonds is 7. The standard InChI is InChI=1S/C14H21BF2O2/c1-10(2)8-18-15(19-9-11(3)4)12-5-13(16)7-14(17)6-12/h5-7,10-11H,8-9H2,1-4H3. The molecule has 0 saturated carbocycles. The molecular formula is C14H21BF2O2. The van der Waals surface area contributed by atoms with Crippen LogP contribution in [0.1, 0.15) is 27.7 Å². The maximum atomic E-state index is 13.2. The third-order valence-electron chi connectivity index (χ3n) is 2.32. The van der Waals surface area contributed by atoms with Crippen LogP contribution in [-0.2, 0) is 9.31 Å². The van der Waals surface area contributed by atoms with Crippen LogP contribution in [0.4, 0.5) is 8.78 Å². The van der Waals surface area contributed by atoms with Crippen molar-refractivity contribution >= 4 is 12.6 Å². The van der Waals surface area contributed by atoms with Gasteiger partial charge in [-0.05, 0) is 29.4 Å². The Morgan fingerprint density at radius 1 is 0.895 bits per heavy atom. The molecule has 1 rings (SSSR count). The molecule has 0 fully saturated rings. The van der Waals surface area contributed by atoms with Crippen LogP contribution >= 0.6 is 0 Å². The van der Waals surface area contributed by atoms with Crippen molar-refractivity contribution in [2.24, 2.45) is 11.8 Å². The summed E-state index contributed by atoms with van der Waals surface area (Å²) in [6.07, 6.45) is 0. The Morgan fingerprint density at radius 3 is 1.68 bits per heavy atom. The minimum atomic E-state index is -0.727. The average molecular weight is 270 g/mol. The Balaban J connectivity index is 2.80. The molecular weight excluding hydrogens is 249 g/mol. The van der Waals surface area contributed by atoms with Gasteiger partial charge in [-0.15, -0.1) is 0 Å². The second-order valence-electron chi connectivity index (χ2n) is 5.49. The van der Waals surface area contributed by atoms with E-state index in [0.29, 0.717) is 30.5 Å². The van der Waals surface area contributed by atoms with Gasteiger partial charge in [0.05, 0.1) is 0 Å². The van der Waals surface area contributed by atoms with Crippen molar-refractivity contribution in [1.29, 1.82) is 0 Å². The fraction of sp³-hybridized carbons (Fsp3) is 0.571. The predicted molar refractivity (Wildman–Crippen MR) is 73.3 cm³/mol. The first-order valence-corrected chi connectivity index (χ1v) is 6.57. The molecule has 0 bridgehead atoms. The summed E-state index contributed by atoms with van der Waals surface area (Å²) in [7, 11) is -0.727. The Bertz CT molecular complexity index is 365. The SMILES string of the molecule is CC(C)COB(OCC(C)C)c1cc(F)cc(F)c1. The highest BCUT2D eigenvalue weighted by Gasteiger charge is 2.23. The van der Waals surface area contributed by atoms with E-state index in [2.05, 4.69) is 0 Å². The highest BCUT2D eigenvalue weighted by molar-refractivity contribution is 6.61. The predicted octanol–water partition coefficient (Wildman–Crippen LogP) is 3.01. The number of hydrogen-bond donors (Lipinski definition) is 0. The third kappa shape index (κ3) is 6.16. The second kappa shape index (κ2) is 7.60. The normalized spacial score (nSPS) is 11.4. The van der Waals surface area contributed by atoms with Crippen LogP contribution in [-0.4, -0.2) is 20.3 Å². The molecule has 19 heavy (non-hydrogen) atoms. The first kappa shape index (κ1) is 16.1. The molecule has 0 N–H and O–H groups in total. The summed E-state index contributed by atoms with van der Waals surface area (Å²) < 4.78 is 37.7. The van der Waals surface area contributed by atoms with Crippen molar-refractivity contribution < 1.29 is 18.1 Å². The molecule has 0 unspecified atom stereocenters.